The highest BCUT2D eigenvalue weighted by Crippen LogP contribution is 2.22. The summed E-state index contributed by atoms with van der Waals surface area (Å²) in [5, 5.41) is 14.8. The van der Waals surface area contributed by atoms with Crippen LogP contribution in [0.2, 0.25) is 0 Å². The number of nitrogens with one attached hydrogen (secondary N) is 2. The Bertz CT molecular complexity index is 1110. The lowest BCUT2D eigenvalue weighted by atomic mass is 10.0. The first-order valence-electron chi connectivity index (χ1n) is 9.12. The molecule has 3 aromatic rings. The van der Waals surface area contributed by atoms with Crippen LogP contribution in [0.1, 0.15) is 31.8 Å². The molecule has 30 heavy (non-hydrogen) atoms. The Labute approximate surface area is 182 Å². The third-order valence-electron chi connectivity index (χ3n) is 4.54. The molecule has 0 saturated heterocycles. The number of anilines is 2. The number of carbonyl (C=O) groups excluding carboxylic acids is 2. The van der Waals surface area contributed by atoms with Crippen molar-refractivity contribution >= 4 is 45.1 Å². The number of benzene rings is 3. The van der Waals surface area contributed by atoms with Gasteiger partial charge in [-0.25, -0.2) is 4.79 Å². The molecule has 0 aliphatic rings. The van der Waals surface area contributed by atoms with Crippen molar-refractivity contribution in [3.8, 4) is 0 Å². The fourth-order valence-corrected chi connectivity index (χ4v) is 3.23. The van der Waals surface area contributed by atoms with Crippen molar-refractivity contribution in [1.29, 1.82) is 0 Å². The normalized spacial score (nSPS) is 10.3. The SMILES string of the molecule is Cc1c(NC(=O)Cc2ccc(Br)cc2)cccc1C(=O)Nc1ccccc1C(=O)O. The molecule has 0 bridgehead atoms. The maximum atomic E-state index is 12.7. The van der Waals surface area contributed by atoms with Gasteiger partial charge in [0.1, 0.15) is 0 Å². The van der Waals surface area contributed by atoms with Gasteiger partial charge in [0.25, 0.3) is 5.91 Å². The summed E-state index contributed by atoms with van der Waals surface area (Å²) in [6.45, 7) is 1.73. The lowest BCUT2D eigenvalue weighted by molar-refractivity contribution is -0.115. The Kier molecular flexibility index (Phi) is 6.64. The first kappa shape index (κ1) is 21.3. The maximum absolute atomic E-state index is 12.7. The van der Waals surface area contributed by atoms with Gasteiger partial charge in [0.2, 0.25) is 5.91 Å². The van der Waals surface area contributed by atoms with Gasteiger partial charge in [-0.1, -0.05) is 46.3 Å². The number of para-hydroxylation sites is 1. The summed E-state index contributed by atoms with van der Waals surface area (Å²) in [5.74, 6) is -1.78. The lowest BCUT2D eigenvalue weighted by Crippen LogP contribution is -2.19. The van der Waals surface area contributed by atoms with Crippen LogP contribution in [0.15, 0.2) is 71.2 Å². The second kappa shape index (κ2) is 9.37. The minimum absolute atomic E-state index is 0.00228. The molecule has 2 amide bonds. The molecule has 3 rings (SSSR count). The second-order valence-electron chi connectivity index (χ2n) is 6.63. The monoisotopic (exact) mass is 466 g/mol. The molecular weight excluding hydrogens is 448 g/mol. The van der Waals surface area contributed by atoms with Crippen LogP contribution in [0.4, 0.5) is 11.4 Å². The molecule has 0 spiro atoms. The number of carboxylic acid groups (broad SMARTS) is 1. The highest BCUT2D eigenvalue weighted by molar-refractivity contribution is 9.10. The summed E-state index contributed by atoms with van der Waals surface area (Å²) in [7, 11) is 0. The first-order valence-corrected chi connectivity index (χ1v) is 9.92. The van der Waals surface area contributed by atoms with Crippen LogP contribution < -0.4 is 10.6 Å². The number of hydrogen-bond donors (Lipinski definition) is 3. The van der Waals surface area contributed by atoms with E-state index in [9.17, 15) is 19.5 Å². The van der Waals surface area contributed by atoms with Crippen molar-refractivity contribution in [2.45, 2.75) is 13.3 Å². The zero-order chi connectivity index (χ0) is 21.7. The zero-order valence-corrected chi connectivity index (χ0v) is 17.7. The molecule has 3 N–H and O–H groups in total. The van der Waals surface area contributed by atoms with Crippen LogP contribution >= 0.6 is 15.9 Å². The smallest absolute Gasteiger partial charge is 0.337 e. The van der Waals surface area contributed by atoms with Gasteiger partial charge in [-0.2, -0.15) is 0 Å². The van der Waals surface area contributed by atoms with Gasteiger partial charge in [0.05, 0.1) is 17.7 Å². The first-order chi connectivity index (χ1) is 14.3. The van der Waals surface area contributed by atoms with E-state index in [-0.39, 0.29) is 23.6 Å². The van der Waals surface area contributed by atoms with Crippen LogP contribution in [0.25, 0.3) is 0 Å². The molecule has 0 aliphatic heterocycles. The molecule has 152 valence electrons. The summed E-state index contributed by atoms with van der Waals surface area (Å²) in [4.78, 5) is 36.5. The summed E-state index contributed by atoms with van der Waals surface area (Å²) in [5.41, 5.74) is 2.54. The topological polar surface area (TPSA) is 95.5 Å². The van der Waals surface area contributed by atoms with Crippen molar-refractivity contribution in [2.75, 3.05) is 10.6 Å². The molecular formula is C23H19BrN2O4. The fourth-order valence-electron chi connectivity index (χ4n) is 2.97. The number of amides is 2. The van der Waals surface area contributed by atoms with Crippen LogP contribution in [-0.4, -0.2) is 22.9 Å². The van der Waals surface area contributed by atoms with E-state index in [0.717, 1.165) is 10.0 Å². The summed E-state index contributed by atoms with van der Waals surface area (Å²) in [6, 6.07) is 18.7. The predicted octanol–water partition coefficient (Wildman–Crippen LogP) is 4.89. The van der Waals surface area contributed by atoms with E-state index in [1.165, 1.54) is 12.1 Å². The number of carbonyl (C=O) groups is 3. The number of carboxylic acids is 1. The predicted molar refractivity (Wildman–Crippen MR) is 119 cm³/mol. The Morgan fingerprint density at radius 1 is 0.833 bits per heavy atom. The highest BCUT2D eigenvalue weighted by atomic mass is 79.9. The Morgan fingerprint density at radius 3 is 2.17 bits per heavy atom. The maximum Gasteiger partial charge on any atom is 0.337 e. The van der Waals surface area contributed by atoms with Gasteiger partial charge >= 0.3 is 5.97 Å². The number of hydrogen-bond acceptors (Lipinski definition) is 3. The summed E-state index contributed by atoms with van der Waals surface area (Å²) >= 11 is 3.36. The van der Waals surface area contributed by atoms with Gasteiger partial charge < -0.3 is 15.7 Å². The summed E-state index contributed by atoms with van der Waals surface area (Å²) in [6.07, 6.45) is 0.204. The molecule has 0 aliphatic carbocycles. The van der Waals surface area contributed by atoms with Gasteiger partial charge in [0, 0.05) is 15.7 Å². The van der Waals surface area contributed by atoms with Crippen molar-refractivity contribution in [3.63, 3.8) is 0 Å². The van der Waals surface area contributed by atoms with Gasteiger partial charge in [-0.15, -0.1) is 0 Å². The van der Waals surface area contributed by atoms with Crippen LogP contribution in [0.3, 0.4) is 0 Å². The third kappa shape index (κ3) is 5.12. The second-order valence-corrected chi connectivity index (χ2v) is 7.55. The Morgan fingerprint density at radius 2 is 1.47 bits per heavy atom. The average molecular weight is 467 g/mol. The molecule has 0 radical (unpaired) electrons. The van der Waals surface area contributed by atoms with E-state index in [1.54, 1.807) is 37.3 Å². The van der Waals surface area contributed by atoms with E-state index in [4.69, 9.17) is 0 Å². The van der Waals surface area contributed by atoms with Gasteiger partial charge in [0.15, 0.2) is 0 Å². The molecule has 0 heterocycles. The van der Waals surface area contributed by atoms with Gasteiger partial charge in [-0.3, -0.25) is 9.59 Å². The van der Waals surface area contributed by atoms with Crippen molar-refractivity contribution < 1.29 is 19.5 Å². The molecule has 0 aromatic heterocycles. The number of halogens is 1. The largest absolute Gasteiger partial charge is 0.478 e. The fraction of sp³-hybridized carbons (Fsp3) is 0.0870. The van der Waals surface area contributed by atoms with Crippen molar-refractivity contribution in [1.82, 2.24) is 0 Å². The van der Waals surface area contributed by atoms with Crippen LogP contribution in [0, 0.1) is 6.92 Å². The van der Waals surface area contributed by atoms with Crippen molar-refractivity contribution in [2.24, 2.45) is 0 Å². The van der Waals surface area contributed by atoms with E-state index in [1.807, 2.05) is 24.3 Å². The molecule has 6 nitrogen and oxygen atoms in total. The van der Waals surface area contributed by atoms with Crippen LogP contribution in [0.5, 0.6) is 0 Å². The molecule has 7 heteroatoms. The van der Waals surface area contributed by atoms with E-state index in [0.29, 0.717) is 16.8 Å². The Hall–Kier alpha value is -3.45. The number of aromatic carboxylic acids is 1. The standard InChI is InChI=1S/C23H19BrN2O4/c1-14-17(22(28)26-20-7-3-2-5-18(20)23(29)30)6-4-8-19(14)25-21(27)13-15-9-11-16(24)12-10-15/h2-12H,13H2,1H3,(H,25,27)(H,26,28)(H,29,30). The zero-order valence-electron chi connectivity index (χ0n) is 16.1. The van der Waals surface area contributed by atoms with E-state index in [2.05, 4.69) is 26.6 Å². The van der Waals surface area contributed by atoms with E-state index >= 15 is 0 Å². The van der Waals surface area contributed by atoms with Gasteiger partial charge in [-0.05, 0) is 54.4 Å². The van der Waals surface area contributed by atoms with Crippen LogP contribution in [-0.2, 0) is 11.2 Å². The molecule has 3 aromatic carbocycles. The molecule has 0 atom stereocenters. The molecule has 0 unspecified atom stereocenters. The number of rotatable bonds is 6. The molecule has 0 fully saturated rings. The Balaban J connectivity index is 1.76. The van der Waals surface area contributed by atoms with E-state index < -0.39 is 11.9 Å². The average Bonchev–Trinajstić information content (AvgIpc) is 2.71. The third-order valence-corrected chi connectivity index (χ3v) is 5.06. The minimum Gasteiger partial charge on any atom is -0.478 e. The summed E-state index contributed by atoms with van der Waals surface area (Å²) < 4.78 is 0.936. The highest BCUT2D eigenvalue weighted by Gasteiger charge is 2.16. The minimum atomic E-state index is -1.13. The molecule has 0 saturated carbocycles. The lowest BCUT2D eigenvalue weighted by Gasteiger charge is -2.14. The van der Waals surface area contributed by atoms with Crippen molar-refractivity contribution in [3.05, 3.63) is 93.5 Å². The quantitative estimate of drug-likeness (QED) is 0.481.